The van der Waals surface area contributed by atoms with Crippen molar-refractivity contribution in [3.63, 3.8) is 0 Å². The second kappa shape index (κ2) is 7.29. The van der Waals surface area contributed by atoms with Crippen LogP contribution >= 0.6 is 0 Å². The fourth-order valence-corrected chi connectivity index (χ4v) is 1.73. The summed E-state index contributed by atoms with van der Waals surface area (Å²) in [6.07, 6.45) is 9.36. The van der Waals surface area contributed by atoms with E-state index in [0.717, 1.165) is 12.8 Å². The molecule has 2 nitrogen and oxygen atoms in total. The van der Waals surface area contributed by atoms with Crippen LogP contribution in [0.4, 0.5) is 0 Å². The Morgan fingerprint density at radius 2 is 1.19 bits per heavy atom. The van der Waals surface area contributed by atoms with E-state index in [1.807, 2.05) is 0 Å². The maximum absolute atomic E-state index is 10.0. The van der Waals surface area contributed by atoms with Crippen molar-refractivity contribution in [3.8, 4) is 0 Å². The minimum Gasteiger partial charge on any atom is -0.387 e. The van der Waals surface area contributed by atoms with E-state index in [1.165, 1.54) is 32.1 Å². The second-order valence-electron chi connectivity index (χ2n) is 5.70. The van der Waals surface area contributed by atoms with Gasteiger partial charge in [-0.25, -0.2) is 0 Å². The lowest BCUT2D eigenvalue weighted by molar-refractivity contribution is -0.124. The van der Waals surface area contributed by atoms with Crippen LogP contribution < -0.4 is 0 Å². The smallest absolute Gasteiger partial charge is 0.0900 e. The molecule has 0 aliphatic carbocycles. The summed E-state index contributed by atoms with van der Waals surface area (Å²) >= 11 is 0. The Balaban J connectivity index is 3.51. The third-order valence-electron chi connectivity index (χ3n) is 3.59. The molecule has 2 N–H and O–H groups in total. The molecule has 0 bridgehead atoms. The van der Waals surface area contributed by atoms with Gasteiger partial charge in [0.25, 0.3) is 0 Å². The highest BCUT2D eigenvalue weighted by Crippen LogP contribution is 2.27. The van der Waals surface area contributed by atoms with Crippen molar-refractivity contribution in [3.05, 3.63) is 0 Å². The first-order valence-corrected chi connectivity index (χ1v) is 6.76. The van der Waals surface area contributed by atoms with Crippen LogP contribution in [0, 0.1) is 0 Å². The van der Waals surface area contributed by atoms with Crippen LogP contribution in [0.15, 0.2) is 0 Å². The Morgan fingerprint density at radius 3 is 1.62 bits per heavy atom. The van der Waals surface area contributed by atoms with Gasteiger partial charge in [0.1, 0.15) is 0 Å². The molecule has 0 aliphatic rings. The molecule has 0 saturated heterocycles. The zero-order valence-electron chi connectivity index (χ0n) is 11.6. The molecular formula is C14H30O2. The second-order valence-corrected chi connectivity index (χ2v) is 5.70. The summed E-state index contributed by atoms with van der Waals surface area (Å²) in [5.41, 5.74) is -1.97. The third kappa shape index (κ3) is 6.49. The number of rotatable bonds is 9. The molecule has 0 heterocycles. The minimum atomic E-state index is -1.00. The summed E-state index contributed by atoms with van der Waals surface area (Å²) in [7, 11) is 0. The number of aliphatic hydroxyl groups is 2. The lowest BCUT2D eigenvalue weighted by atomic mass is 9.83. The van der Waals surface area contributed by atoms with E-state index < -0.39 is 11.2 Å². The van der Waals surface area contributed by atoms with Crippen LogP contribution in [0.3, 0.4) is 0 Å². The highest BCUT2D eigenvalue weighted by atomic mass is 16.3. The maximum atomic E-state index is 10.0. The molecule has 2 heteroatoms. The van der Waals surface area contributed by atoms with Gasteiger partial charge in [-0.3, -0.25) is 0 Å². The number of unbranched alkanes of at least 4 members (excludes halogenated alkanes) is 6. The van der Waals surface area contributed by atoms with E-state index in [1.54, 1.807) is 20.8 Å². The fourth-order valence-electron chi connectivity index (χ4n) is 1.73. The lowest BCUT2D eigenvalue weighted by Gasteiger charge is -2.35. The van der Waals surface area contributed by atoms with Crippen LogP contribution in [-0.4, -0.2) is 21.4 Å². The summed E-state index contributed by atoms with van der Waals surface area (Å²) in [5.74, 6) is 0. The third-order valence-corrected chi connectivity index (χ3v) is 3.59. The van der Waals surface area contributed by atoms with Gasteiger partial charge in [0, 0.05) is 0 Å². The van der Waals surface area contributed by atoms with Crippen molar-refractivity contribution in [2.75, 3.05) is 0 Å². The van der Waals surface area contributed by atoms with E-state index in [2.05, 4.69) is 6.92 Å². The van der Waals surface area contributed by atoms with Crippen molar-refractivity contribution in [2.24, 2.45) is 0 Å². The highest BCUT2D eigenvalue weighted by molar-refractivity contribution is 4.89. The predicted molar refractivity (Wildman–Crippen MR) is 69.5 cm³/mol. The Hall–Kier alpha value is -0.0800. The molecule has 0 saturated carbocycles. The van der Waals surface area contributed by atoms with Gasteiger partial charge in [-0.05, 0) is 27.2 Å². The molecule has 0 aromatic heterocycles. The van der Waals surface area contributed by atoms with Crippen LogP contribution in [0.5, 0.6) is 0 Å². The Bertz CT molecular complexity index is 168. The van der Waals surface area contributed by atoms with E-state index in [-0.39, 0.29) is 0 Å². The molecule has 0 aromatic carbocycles. The molecule has 0 rings (SSSR count). The van der Waals surface area contributed by atoms with Gasteiger partial charge in [0.2, 0.25) is 0 Å². The molecule has 0 spiro atoms. The molecule has 0 amide bonds. The van der Waals surface area contributed by atoms with E-state index in [4.69, 9.17) is 0 Å². The first-order valence-electron chi connectivity index (χ1n) is 6.76. The zero-order chi connectivity index (χ0) is 12.7. The molecule has 0 aliphatic heterocycles. The van der Waals surface area contributed by atoms with Crippen molar-refractivity contribution >= 4 is 0 Å². The van der Waals surface area contributed by atoms with Gasteiger partial charge >= 0.3 is 0 Å². The Labute approximate surface area is 101 Å². The van der Waals surface area contributed by atoms with Gasteiger partial charge in [-0.1, -0.05) is 51.9 Å². The topological polar surface area (TPSA) is 40.5 Å². The average Bonchev–Trinajstić information content (AvgIpc) is 2.14. The molecule has 0 aromatic rings. The van der Waals surface area contributed by atoms with Crippen molar-refractivity contribution in [2.45, 2.75) is 90.3 Å². The van der Waals surface area contributed by atoms with Crippen LogP contribution in [0.2, 0.25) is 0 Å². The van der Waals surface area contributed by atoms with Crippen molar-refractivity contribution < 1.29 is 10.2 Å². The monoisotopic (exact) mass is 230 g/mol. The molecule has 0 fully saturated rings. The van der Waals surface area contributed by atoms with E-state index in [0.29, 0.717) is 6.42 Å². The van der Waals surface area contributed by atoms with E-state index in [9.17, 15) is 10.2 Å². The molecule has 1 unspecified atom stereocenters. The molecule has 1 atom stereocenters. The number of hydrogen-bond donors (Lipinski definition) is 2. The first kappa shape index (κ1) is 15.9. The van der Waals surface area contributed by atoms with Crippen molar-refractivity contribution in [1.29, 1.82) is 0 Å². The maximum Gasteiger partial charge on any atom is 0.0900 e. The Morgan fingerprint density at radius 1 is 0.750 bits per heavy atom. The average molecular weight is 230 g/mol. The highest BCUT2D eigenvalue weighted by Gasteiger charge is 2.36. The number of hydrogen-bond acceptors (Lipinski definition) is 2. The van der Waals surface area contributed by atoms with Gasteiger partial charge < -0.3 is 10.2 Å². The van der Waals surface area contributed by atoms with Gasteiger partial charge in [-0.15, -0.1) is 0 Å². The quantitative estimate of drug-likeness (QED) is 0.594. The predicted octanol–water partition coefficient (Wildman–Crippen LogP) is 3.65. The molecular weight excluding hydrogens is 200 g/mol. The summed E-state index contributed by atoms with van der Waals surface area (Å²) in [4.78, 5) is 0. The van der Waals surface area contributed by atoms with Crippen molar-refractivity contribution in [1.82, 2.24) is 0 Å². The van der Waals surface area contributed by atoms with E-state index >= 15 is 0 Å². The van der Waals surface area contributed by atoms with Crippen LogP contribution in [-0.2, 0) is 0 Å². The SMILES string of the molecule is CCCCCCCCCC(C)(O)C(C)(C)O. The summed E-state index contributed by atoms with van der Waals surface area (Å²) < 4.78 is 0. The molecule has 16 heavy (non-hydrogen) atoms. The zero-order valence-corrected chi connectivity index (χ0v) is 11.6. The first-order chi connectivity index (χ1) is 7.31. The fraction of sp³-hybridized carbons (Fsp3) is 1.00. The normalized spacial score (nSPS) is 16.1. The van der Waals surface area contributed by atoms with Crippen LogP contribution in [0.25, 0.3) is 0 Å². The summed E-state index contributed by atoms with van der Waals surface area (Å²) in [5, 5.41) is 19.8. The molecule has 0 radical (unpaired) electrons. The minimum absolute atomic E-state index is 0.685. The largest absolute Gasteiger partial charge is 0.387 e. The summed E-state index contributed by atoms with van der Waals surface area (Å²) in [6, 6.07) is 0. The molecule has 98 valence electrons. The van der Waals surface area contributed by atoms with Crippen LogP contribution in [0.1, 0.15) is 79.1 Å². The van der Waals surface area contributed by atoms with Gasteiger partial charge in [0.15, 0.2) is 0 Å². The standard InChI is InChI=1S/C14H30O2/c1-5-6-7-8-9-10-11-12-14(4,16)13(2,3)15/h15-16H,5-12H2,1-4H3. The van der Waals surface area contributed by atoms with Gasteiger partial charge in [-0.2, -0.15) is 0 Å². The summed E-state index contributed by atoms with van der Waals surface area (Å²) in [6.45, 7) is 7.30. The lowest BCUT2D eigenvalue weighted by Crippen LogP contribution is -2.47. The Kier molecular flexibility index (Phi) is 7.25. The van der Waals surface area contributed by atoms with Gasteiger partial charge in [0.05, 0.1) is 11.2 Å².